The Morgan fingerprint density at radius 2 is 1.91 bits per heavy atom. The highest BCUT2D eigenvalue weighted by molar-refractivity contribution is 5.94. The summed E-state index contributed by atoms with van der Waals surface area (Å²) in [5.41, 5.74) is 0.289. The van der Waals surface area contributed by atoms with Crippen LogP contribution in [-0.2, 0) is 9.53 Å². The molecule has 0 aliphatic heterocycles. The summed E-state index contributed by atoms with van der Waals surface area (Å²) in [5.74, 6) is -0.641. The number of benzene rings is 1. The third-order valence-electron chi connectivity index (χ3n) is 3.49. The molecule has 7 nitrogen and oxygen atoms in total. The number of nitro groups is 1. The van der Waals surface area contributed by atoms with Crippen molar-refractivity contribution in [3.05, 3.63) is 39.9 Å². The van der Waals surface area contributed by atoms with Gasteiger partial charge in [0.1, 0.15) is 0 Å². The highest BCUT2D eigenvalue weighted by Crippen LogP contribution is 2.16. The fourth-order valence-electron chi connectivity index (χ4n) is 1.95. The van der Waals surface area contributed by atoms with Crippen LogP contribution in [0.1, 0.15) is 37.0 Å². The minimum Gasteiger partial charge on any atom is -0.469 e. The number of carbonyl (C=O) groups is 2. The molecular weight excluding hydrogens is 288 g/mol. The summed E-state index contributed by atoms with van der Waals surface area (Å²) in [4.78, 5) is 35.5. The predicted octanol–water partition coefficient (Wildman–Crippen LogP) is 2.40. The number of carbonyl (C=O) groups excluding carboxylic acids is 2. The monoisotopic (exact) mass is 308 g/mol. The minimum atomic E-state index is -0.516. The Balaban J connectivity index is 2.90. The largest absolute Gasteiger partial charge is 0.469 e. The van der Waals surface area contributed by atoms with Crippen molar-refractivity contribution in [3.63, 3.8) is 0 Å². The maximum absolute atomic E-state index is 12.5. The summed E-state index contributed by atoms with van der Waals surface area (Å²) < 4.78 is 4.59. The van der Waals surface area contributed by atoms with E-state index in [0.29, 0.717) is 5.56 Å². The Hall–Kier alpha value is -2.44. The zero-order chi connectivity index (χ0) is 16.7. The summed E-state index contributed by atoms with van der Waals surface area (Å²) in [6, 6.07) is 5.39. The van der Waals surface area contributed by atoms with Crippen LogP contribution >= 0.6 is 0 Å². The van der Waals surface area contributed by atoms with Gasteiger partial charge in [0.05, 0.1) is 18.5 Å². The first-order chi connectivity index (χ1) is 10.4. The van der Waals surface area contributed by atoms with E-state index < -0.39 is 4.92 Å². The van der Waals surface area contributed by atoms with Gasteiger partial charge < -0.3 is 9.64 Å². The van der Waals surface area contributed by atoms with Crippen molar-refractivity contribution >= 4 is 17.6 Å². The quantitative estimate of drug-likeness (QED) is 0.438. The lowest BCUT2D eigenvalue weighted by Crippen LogP contribution is -2.39. The molecule has 1 atom stereocenters. The predicted molar refractivity (Wildman–Crippen MR) is 80.5 cm³/mol. The van der Waals surface area contributed by atoms with Gasteiger partial charge in [-0.1, -0.05) is 6.92 Å². The smallest absolute Gasteiger partial charge is 0.307 e. The van der Waals surface area contributed by atoms with Gasteiger partial charge in [-0.05, 0) is 25.5 Å². The summed E-state index contributed by atoms with van der Waals surface area (Å²) in [7, 11) is 1.30. The molecule has 1 rings (SSSR count). The first kappa shape index (κ1) is 17.6. The van der Waals surface area contributed by atoms with Gasteiger partial charge in [-0.15, -0.1) is 0 Å². The van der Waals surface area contributed by atoms with Crippen molar-refractivity contribution in [3.8, 4) is 0 Å². The van der Waals surface area contributed by atoms with E-state index in [1.807, 2.05) is 13.8 Å². The van der Waals surface area contributed by atoms with Gasteiger partial charge in [0, 0.05) is 30.3 Å². The molecular formula is C15H20N2O5. The molecule has 0 radical (unpaired) electrons. The van der Waals surface area contributed by atoms with E-state index in [0.717, 1.165) is 6.42 Å². The SMILES string of the molecule is CCC(C)N(CCC(=O)OC)C(=O)c1ccc([N+](=O)[O-])cc1. The van der Waals surface area contributed by atoms with Gasteiger partial charge in [0.15, 0.2) is 0 Å². The lowest BCUT2D eigenvalue weighted by Gasteiger charge is -2.28. The van der Waals surface area contributed by atoms with E-state index >= 15 is 0 Å². The maximum atomic E-state index is 12.5. The van der Waals surface area contributed by atoms with Gasteiger partial charge in [-0.25, -0.2) is 0 Å². The Morgan fingerprint density at radius 3 is 2.36 bits per heavy atom. The van der Waals surface area contributed by atoms with Crippen LogP contribution in [-0.4, -0.2) is 41.4 Å². The molecule has 0 aromatic heterocycles. The molecule has 1 amide bonds. The van der Waals surface area contributed by atoms with Gasteiger partial charge >= 0.3 is 5.97 Å². The van der Waals surface area contributed by atoms with Crippen LogP contribution in [0.25, 0.3) is 0 Å². The number of rotatable bonds is 7. The molecule has 0 fully saturated rings. The van der Waals surface area contributed by atoms with Crippen LogP contribution in [0, 0.1) is 10.1 Å². The van der Waals surface area contributed by atoms with Crippen molar-refractivity contribution in [1.82, 2.24) is 4.90 Å². The van der Waals surface area contributed by atoms with Crippen LogP contribution in [0.15, 0.2) is 24.3 Å². The molecule has 0 saturated carbocycles. The molecule has 22 heavy (non-hydrogen) atoms. The third kappa shape index (κ3) is 4.54. The van der Waals surface area contributed by atoms with E-state index in [-0.39, 0.29) is 36.6 Å². The van der Waals surface area contributed by atoms with Crippen LogP contribution in [0.2, 0.25) is 0 Å². The summed E-state index contributed by atoms with van der Waals surface area (Å²) in [6.45, 7) is 4.08. The summed E-state index contributed by atoms with van der Waals surface area (Å²) >= 11 is 0. The van der Waals surface area contributed by atoms with Crippen molar-refractivity contribution < 1.29 is 19.2 Å². The number of ether oxygens (including phenoxy) is 1. The van der Waals surface area contributed by atoms with Crippen molar-refractivity contribution in [2.45, 2.75) is 32.7 Å². The number of esters is 1. The second-order valence-electron chi connectivity index (χ2n) is 4.89. The summed E-state index contributed by atoms with van der Waals surface area (Å²) in [6.07, 6.45) is 0.847. The number of hydrogen-bond acceptors (Lipinski definition) is 5. The molecule has 1 unspecified atom stereocenters. The molecule has 0 aliphatic carbocycles. The number of amides is 1. The number of methoxy groups -OCH3 is 1. The number of nitro benzene ring substituents is 1. The third-order valence-corrected chi connectivity index (χ3v) is 3.49. The first-order valence-corrected chi connectivity index (χ1v) is 7.03. The Labute approximate surface area is 129 Å². The fourth-order valence-corrected chi connectivity index (χ4v) is 1.95. The molecule has 1 aromatic rings. The molecule has 0 saturated heterocycles. The fraction of sp³-hybridized carbons (Fsp3) is 0.467. The van der Waals surface area contributed by atoms with E-state index in [4.69, 9.17) is 0 Å². The molecule has 0 spiro atoms. The van der Waals surface area contributed by atoms with Gasteiger partial charge in [0.25, 0.3) is 11.6 Å². The normalized spacial score (nSPS) is 11.6. The van der Waals surface area contributed by atoms with E-state index in [2.05, 4.69) is 4.74 Å². The molecule has 0 aliphatic rings. The molecule has 120 valence electrons. The van der Waals surface area contributed by atoms with Crippen LogP contribution in [0.4, 0.5) is 5.69 Å². The first-order valence-electron chi connectivity index (χ1n) is 7.03. The Morgan fingerprint density at radius 1 is 1.32 bits per heavy atom. The number of nitrogens with zero attached hydrogens (tertiary/aromatic N) is 2. The highest BCUT2D eigenvalue weighted by atomic mass is 16.6. The van der Waals surface area contributed by atoms with Crippen LogP contribution in [0.5, 0.6) is 0 Å². The van der Waals surface area contributed by atoms with Crippen LogP contribution < -0.4 is 0 Å². The van der Waals surface area contributed by atoms with Gasteiger partial charge in [-0.3, -0.25) is 19.7 Å². The van der Waals surface area contributed by atoms with E-state index in [9.17, 15) is 19.7 Å². The number of hydrogen-bond donors (Lipinski definition) is 0. The molecule has 0 bridgehead atoms. The average molecular weight is 308 g/mol. The lowest BCUT2D eigenvalue weighted by atomic mass is 10.1. The zero-order valence-electron chi connectivity index (χ0n) is 12.9. The average Bonchev–Trinajstić information content (AvgIpc) is 2.54. The summed E-state index contributed by atoms with van der Waals surface area (Å²) in [5, 5.41) is 10.6. The van der Waals surface area contributed by atoms with Crippen LogP contribution in [0.3, 0.4) is 0 Å². The highest BCUT2D eigenvalue weighted by Gasteiger charge is 2.22. The second kappa shape index (κ2) is 8.11. The van der Waals surface area contributed by atoms with Gasteiger partial charge in [0.2, 0.25) is 0 Å². The van der Waals surface area contributed by atoms with E-state index in [1.165, 1.54) is 31.4 Å². The molecule has 1 aromatic carbocycles. The maximum Gasteiger partial charge on any atom is 0.307 e. The second-order valence-corrected chi connectivity index (χ2v) is 4.89. The molecule has 7 heteroatoms. The van der Waals surface area contributed by atoms with E-state index in [1.54, 1.807) is 4.90 Å². The Kier molecular flexibility index (Phi) is 6.49. The molecule has 0 heterocycles. The van der Waals surface area contributed by atoms with Crippen molar-refractivity contribution in [1.29, 1.82) is 0 Å². The standard InChI is InChI=1S/C15H20N2O5/c1-4-11(2)16(10-9-14(18)22-3)15(19)12-5-7-13(8-6-12)17(20)21/h5-8,11H,4,9-10H2,1-3H3. The minimum absolute atomic E-state index is 0.0488. The number of non-ortho nitro benzene ring substituents is 1. The van der Waals surface area contributed by atoms with Gasteiger partial charge in [-0.2, -0.15) is 0 Å². The Bertz CT molecular complexity index is 541. The lowest BCUT2D eigenvalue weighted by molar-refractivity contribution is -0.384. The van der Waals surface area contributed by atoms with Crippen molar-refractivity contribution in [2.75, 3.05) is 13.7 Å². The zero-order valence-corrected chi connectivity index (χ0v) is 12.9. The molecule has 0 N–H and O–H groups in total. The van der Waals surface area contributed by atoms with Crippen molar-refractivity contribution in [2.24, 2.45) is 0 Å². The topological polar surface area (TPSA) is 89.8 Å².